The molecule has 2 N–H and O–H groups in total. The zero-order valence-electron chi connectivity index (χ0n) is 9.62. The average molecular weight is 218 g/mol. The first-order chi connectivity index (χ1) is 7.81. The molecule has 0 spiro atoms. The number of para-hydroxylation sites is 2. The molecule has 0 aliphatic carbocycles. The monoisotopic (exact) mass is 218 g/mol. The van der Waals surface area contributed by atoms with Crippen molar-refractivity contribution in [1.82, 2.24) is 5.32 Å². The first kappa shape index (κ1) is 10.9. The van der Waals surface area contributed by atoms with Gasteiger partial charge < -0.3 is 15.4 Å². The predicted molar refractivity (Wildman–Crippen MR) is 66.8 cm³/mol. The smallest absolute Gasteiger partial charge is 0.155 e. The van der Waals surface area contributed by atoms with Gasteiger partial charge in [0.1, 0.15) is 5.75 Å². The zero-order valence-corrected chi connectivity index (χ0v) is 9.62. The van der Waals surface area contributed by atoms with Crippen LogP contribution in [-0.2, 0) is 0 Å². The van der Waals surface area contributed by atoms with E-state index in [0.717, 1.165) is 36.6 Å². The summed E-state index contributed by atoms with van der Waals surface area (Å²) in [6, 6.07) is 7.97. The molecule has 2 rings (SSSR count). The molecule has 1 aromatic carbocycles. The fourth-order valence-corrected chi connectivity index (χ4v) is 1.71. The van der Waals surface area contributed by atoms with E-state index in [0.29, 0.717) is 0 Å². The largest absolute Gasteiger partial charge is 0.480 e. The molecular formula is C13H18N2O. The molecule has 1 atom stereocenters. The molecule has 16 heavy (non-hydrogen) atoms. The van der Waals surface area contributed by atoms with Crippen molar-refractivity contribution >= 4 is 5.69 Å². The van der Waals surface area contributed by atoms with Gasteiger partial charge in [-0.15, -0.1) is 0 Å². The number of rotatable bonds is 4. The maximum Gasteiger partial charge on any atom is 0.155 e. The van der Waals surface area contributed by atoms with Gasteiger partial charge in [-0.3, -0.25) is 0 Å². The van der Waals surface area contributed by atoms with Crippen molar-refractivity contribution < 1.29 is 4.74 Å². The molecule has 0 bridgehead atoms. The molecule has 1 aliphatic rings. The lowest BCUT2D eigenvalue weighted by molar-refractivity contribution is 0.232. The Morgan fingerprint density at radius 2 is 2.38 bits per heavy atom. The van der Waals surface area contributed by atoms with E-state index in [4.69, 9.17) is 4.74 Å². The standard InChI is InChI=1S/C13H18N2O/c1-3-8-14-10(2)13-9-15-11-6-4-5-7-12(11)16-13/h4-7,13-15H,2-3,8-9H2,1H3. The SMILES string of the molecule is C=C(NCCC)C1CNc2ccccc2O1. The molecule has 86 valence electrons. The van der Waals surface area contributed by atoms with Gasteiger partial charge in [-0.1, -0.05) is 25.6 Å². The summed E-state index contributed by atoms with van der Waals surface area (Å²) in [7, 11) is 0. The summed E-state index contributed by atoms with van der Waals surface area (Å²) < 4.78 is 5.87. The molecule has 0 saturated heterocycles. The third-order valence-corrected chi connectivity index (χ3v) is 2.62. The fraction of sp³-hybridized carbons (Fsp3) is 0.385. The fourth-order valence-electron chi connectivity index (χ4n) is 1.71. The number of hydrogen-bond donors (Lipinski definition) is 2. The van der Waals surface area contributed by atoms with Gasteiger partial charge in [-0.2, -0.15) is 0 Å². The van der Waals surface area contributed by atoms with Crippen LogP contribution < -0.4 is 15.4 Å². The minimum atomic E-state index is 0.0152. The van der Waals surface area contributed by atoms with Gasteiger partial charge in [-0.05, 0) is 18.6 Å². The van der Waals surface area contributed by atoms with E-state index >= 15 is 0 Å². The highest BCUT2D eigenvalue weighted by atomic mass is 16.5. The highest BCUT2D eigenvalue weighted by Crippen LogP contribution is 2.29. The summed E-state index contributed by atoms with van der Waals surface area (Å²) >= 11 is 0. The van der Waals surface area contributed by atoms with Crippen LogP contribution in [0.1, 0.15) is 13.3 Å². The Bertz CT molecular complexity index is 376. The molecule has 3 nitrogen and oxygen atoms in total. The topological polar surface area (TPSA) is 33.3 Å². The first-order valence-electron chi connectivity index (χ1n) is 5.73. The molecule has 0 saturated carbocycles. The minimum absolute atomic E-state index is 0.0152. The Hall–Kier alpha value is -1.64. The molecule has 3 heteroatoms. The second-order valence-electron chi connectivity index (χ2n) is 3.94. The molecule has 1 aromatic rings. The molecular weight excluding hydrogens is 200 g/mol. The molecule has 0 amide bonds. The number of fused-ring (bicyclic) bond motifs is 1. The number of nitrogens with one attached hydrogen (secondary N) is 2. The van der Waals surface area contributed by atoms with Crippen LogP contribution in [-0.4, -0.2) is 19.2 Å². The van der Waals surface area contributed by atoms with Crippen molar-refractivity contribution in [2.75, 3.05) is 18.4 Å². The normalized spacial score (nSPS) is 17.9. The quantitative estimate of drug-likeness (QED) is 0.814. The molecule has 1 aliphatic heterocycles. The van der Waals surface area contributed by atoms with Crippen LogP contribution in [0.15, 0.2) is 36.5 Å². The van der Waals surface area contributed by atoms with Crippen LogP contribution in [0.3, 0.4) is 0 Å². The summed E-state index contributed by atoms with van der Waals surface area (Å²) in [5, 5.41) is 6.62. The highest BCUT2D eigenvalue weighted by Gasteiger charge is 2.20. The maximum absolute atomic E-state index is 5.87. The van der Waals surface area contributed by atoms with Crippen molar-refractivity contribution in [2.24, 2.45) is 0 Å². The average Bonchev–Trinajstić information content (AvgIpc) is 2.35. The van der Waals surface area contributed by atoms with E-state index in [2.05, 4.69) is 24.1 Å². The van der Waals surface area contributed by atoms with Gasteiger partial charge in [0.2, 0.25) is 0 Å². The van der Waals surface area contributed by atoms with Gasteiger partial charge in [0.25, 0.3) is 0 Å². The Morgan fingerprint density at radius 3 is 3.19 bits per heavy atom. The van der Waals surface area contributed by atoms with Gasteiger partial charge in [0.05, 0.1) is 12.2 Å². The predicted octanol–water partition coefficient (Wildman–Crippen LogP) is 2.37. The number of ether oxygens (including phenoxy) is 1. The van der Waals surface area contributed by atoms with E-state index in [9.17, 15) is 0 Å². The summed E-state index contributed by atoms with van der Waals surface area (Å²) in [5.41, 5.74) is 2.01. The van der Waals surface area contributed by atoms with E-state index in [1.807, 2.05) is 24.3 Å². The Kier molecular flexibility index (Phi) is 3.34. The van der Waals surface area contributed by atoms with Crippen molar-refractivity contribution in [1.29, 1.82) is 0 Å². The van der Waals surface area contributed by atoms with Crippen molar-refractivity contribution in [3.8, 4) is 5.75 Å². The van der Waals surface area contributed by atoms with E-state index in [1.165, 1.54) is 0 Å². The zero-order chi connectivity index (χ0) is 11.4. The van der Waals surface area contributed by atoms with E-state index in [1.54, 1.807) is 0 Å². The van der Waals surface area contributed by atoms with Crippen molar-refractivity contribution in [3.63, 3.8) is 0 Å². The van der Waals surface area contributed by atoms with Crippen LogP contribution in [0.25, 0.3) is 0 Å². The molecule has 1 unspecified atom stereocenters. The van der Waals surface area contributed by atoms with Gasteiger partial charge in [-0.25, -0.2) is 0 Å². The van der Waals surface area contributed by atoms with Crippen LogP contribution >= 0.6 is 0 Å². The maximum atomic E-state index is 5.87. The number of anilines is 1. The van der Waals surface area contributed by atoms with Gasteiger partial charge >= 0.3 is 0 Å². The van der Waals surface area contributed by atoms with Crippen LogP contribution in [0.5, 0.6) is 5.75 Å². The third kappa shape index (κ3) is 2.30. The summed E-state index contributed by atoms with van der Waals surface area (Å²) in [5.74, 6) is 0.901. The van der Waals surface area contributed by atoms with E-state index < -0.39 is 0 Å². The van der Waals surface area contributed by atoms with Gasteiger partial charge in [0, 0.05) is 12.2 Å². The van der Waals surface area contributed by atoms with Crippen molar-refractivity contribution in [3.05, 3.63) is 36.5 Å². The molecule has 1 heterocycles. The first-order valence-corrected chi connectivity index (χ1v) is 5.73. The second kappa shape index (κ2) is 4.92. The lowest BCUT2D eigenvalue weighted by Gasteiger charge is -2.29. The highest BCUT2D eigenvalue weighted by molar-refractivity contribution is 5.58. The van der Waals surface area contributed by atoms with Gasteiger partial charge in [0.15, 0.2) is 6.10 Å². The van der Waals surface area contributed by atoms with Crippen LogP contribution in [0.4, 0.5) is 5.69 Å². The summed E-state index contributed by atoms with van der Waals surface area (Å²) in [4.78, 5) is 0. The molecule has 0 aromatic heterocycles. The Morgan fingerprint density at radius 1 is 1.56 bits per heavy atom. The molecule has 0 fully saturated rings. The number of benzene rings is 1. The third-order valence-electron chi connectivity index (χ3n) is 2.62. The Labute approximate surface area is 96.5 Å². The summed E-state index contributed by atoms with van der Waals surface area (Å²) in [6.45, 7) is 7.86. The summed E-state index contributed by atoms with van der Waals surface area (Å²) in [6.07, 6.45) is 1.11. The van der Waals surface area contributed by atoms with E-state index in [-0.39, 0.29) is 6.10 Å². The number of hydrogen-bond acceptors (Lipinski definition) is 3. The molecule has 0 radical (unpaired) electrons. The second-order valence-corrected chi connectivity index (χ2v) is 3.94. The minimum Gasteiger partial charge on any atom is -0.480 e. The van der Waals surface area contributed by atoms with Crippen LogP contribution in [0.2, 0.25) is 0 Å². The lowest BCUT2D eigenvalue weighted by atomic mass is 10.2. The van der Waals surface area contributed by atoms with Crippen molar-refractivity contribution in [2.45, 2.75) is 19.4 Å². The Balaban J connectivity index is 1.99. The lowest BCUT2D eigenvalue weighted by Crippen LogP contribution is -2.37. The van der Waals surface area contributed by atoms with Crippen LogP contribution in [0, 0.1) is 0 Å².